The smallest absolute Gasteiger partial charge is 0.247 e. The number of nitrogens with two attached hydrogens (primary N) is 1. The summed E-state index contributed by atoms with van der Waals surface area (Å²) >= 11 is 0. The quantitative estimate of drug-likeness (QED) is 0.619. The molecule has 2 aromatic carbocycles. The van der Waals surface area contributed by atoms with Gasteiger partial charge in [0.2, 0.25) is 17.7 Å². The van der Waals surface area contributed by atoms with E-state index >= 15 is 0 Å². The highest BCUT2D eigenvalue weighted by Gasteiger charge is 2.31. The van der Waals surface area contributed by atoms with Crippen LogP contribution in [0.1, 0.15) is 30.9 Å². The van der Waals surface area contributed by atoms with Crippen molar-refractivity contribution >= 4 is 23.4 Å². The van der Waals surface area contributed by atoms with Gasteiger partial charge in [-0.25, -0.2) is 0 Å². The van der Waals surface area contributed by atoms with Crippen LogP contribution >= 0.6 is 0 Å². The van der Waals surface area contributed by atoms with Crippen molar-refractivity contribution in [2.24, 2.45) is 11.7 Å². The Hall–Kier alpha value is -3.19. The molecule has 1 aliphatic rings. The first kappa shape index (κ1) is 23.5. The van der Waals surface area contributed by atoms with Gasteiger partial charge < -0.3 is 21.3 Å². The molecule has 7 nitrogen and oxygen atoms in total. The van der Waals surface area contributed by atoms with Crippen molar-refractivity contribution in [3.63, 3.8) is 0 Å². The second-order valence-electron chi connectivity index (χ2n) is 8.49. The first-order valence-electron chi connectivity index (χ1n) is 11.1. The molecular weight excluding hydrogens is 404 g/mol. The first-order valence-corrected chi connectivity index (χ1v) is 11.1. The fourth-order valence-electron chi connectivity index (χ4n) is 3.86. The predicted octanol–water partition coefficient (Wildman–Crippen LogP) is 2.25. The number of carbonyl (C=O) groups is 3. The number of nitrogens with zero attached hydrogens (tertiary/aromatic N) is 1. The number of aryl methyl sites for hydroxylation is 1. The summed E-state index contributed by atoms with van der Waals surface area (Å²) in [7, 11) is 0. The topological polar surface area (TPSA) is 105 Å². The number of carbonyl (C=O) groups excluding carboxylic acids is 3. The molecule has 0 saturated carbocycles. The fourth-order valence-corrected chi connectivity index (χ4v) is 3.86. The molecule has 0 bridgehead atoms. The van der Waals surface area contributed by atoms with Gasteiger partial charge in [-0.2, -0.15) is 0 Å². The summed E-state index contributed by atoms with van der Waals surface area (Å²) in [6, 6.07) is 15.9. The fraction of sp³-hybridized carbons (Fsp3) is 0.400. The van der Waals surface area contributed by atoms with Gasteiger partial charge in [-0.1, -0.05) is 48.0 Å². The summed E-state index contributed by atoms with van der Waals surface area (Å²) in [6.07, 6.45) is 1.51. The van der Waals surface area contributed by atoms with Crippen LogP contribution in [0.25, 0.3) is 0 Å². The van der Waals surface area contributed by atoms with Crippen LogP contribution in [0.2, 0.25) is 0 Å². The van der Waals surface area contributed by atoms with Crippen molar-refractivity contribution in [1.29, 1.82) is 0 Å². The lowest BCUT2D eigenvalue weighted by molar-refractivity contribution is -0.136. The first-order chi connectivity index (χ1) is 15.3. The number of piperidine rings is 1. The zero-order valence-corrected chi connectivity index (χ0v) is 18.7. The van der Waals surface area contributed by atoms with Gasteiger partial charge in [0.25, 0.3) is 0 Å². The van der Waals surface area contributed by atoms with E-state index in [1.165, 1.54) is 0 Å². The predicted molar refractivity (Wildman–Crippen MR) is 125 cm³/mol. The molecule has 1 aliphatic heterocycles. The Labute approximate surface area is 189 Å². The Morgan fingerprint density at radius 3 is 2.25 bits per heavy atom. The van der Waals surface area contributed by atoms with Gasteiger partial charge in [0.15, 0.2) is 0 Å². The number of rotatable bonds is 7. The number of nitrogens with one attached hydrogen (secondary N) is 2. The Bertz CT molecular complexity index is 920. The van der Waals surface area contributed by atoms with Crippen molar-refractivity contribution < 1.29 is 14.4 Å². The zero-order chi connectivity index (χ0) is 23.1. The summed E-state index contributed by atoms with van der Waals surface area (Å²) in [5.74, 6) is -0.741. The molecule has 0 radical (unpaired) electrons. The second-order valence-corrected chi connectivity index (χ2v) is 8.49. The lowest BCUT2D eigenvalue weighted by Gasteiger charge is -2.33. The molecular formula is C25H32N4O3. The highest BCUT2D eigenvalue weighted by Crippen LogP contribution is 2.19. The van der Waals surface area contributed by atoms with Crippen LogP contribution in [0.3, 0.4) is 0 Å². The Kier molecular flexibility index (Phi) is 8.00. The summed E-state index contributed by atoms with van der Waals surface area (Å²) < 4.78 is 0. The minimum Gasteiger partial charge on any atom is -0.344 e. The minimum atomic E-state index is -0.699. The van der Waals surface area contributed by atoms with E-state index in [0.29, 0.717) is 38.0 Å². The summed E-state index contributed by atoms with van der Waals surface area (Å²) in [5.41, 5.74) is 8.45. The molecule has 1 saturated heterocycles. The van der Waals surface area contributed by atoms with Crippen LogP contribution in [0, 0.1) is 12.8 Å². The molecule has 32 heavy (non-hydrogen) atoms. The summed E-state index contributed by atoms with van der Waals surface area (Å²) in [4.78, 5) is 39.8. The highest BCUT2D eigenvalue weighted by molar-refractivity contribution is 5.97. The van der Waals surface area contributed by atoms with Gasteiger partial charge in [-0.3, -0.25) is 14.4 Å². The van der Waals surface area contributed by atoms with E-state index < -0.39 is 12.1 Å². The van der Waals surface area contributed by atoms with Gasteiger partial charge in [0.1, 0.15) is 6.04 Å². The van der Waals surface area contributed by atoms with Gasteiger partial charge >= 0.3 is 0 Å². The van der Waals surface area contributed by atoms with Crippen LogP contribution in [0.15, 0.2) is 54.6 Å². The van der Waals surface area contributed by atoms with E-state index in [2.05, 4.69) is 10.6 Å². The molecule has 7 heteroatoms. The molecule has 0 aromatic heterocycles. The molecule has 0 unspecified atom stereocenters. The van der Waals surface area contributed by atoms with Gasteiger partial charge in [0, 0.05) is 31.1 Å². The molecule has 170 valence electrons. The van der Waals surface area contributed by atoms with Crippen molar-refractivity contribution in [3.05, 3.63) is 65.7 Å². The van der Waals surface area contributed by atoms with Crippen LogP contribution in [-0.2, 0) is 20.8 Å². The standard InChI is InChI=1S/C25H32N4O3/c1-17-8-10-21(11-9-17)27-24(31)22(16-19-6-4-3-5-7-19)28-23(30)20-12-14-29(15-13-20)25(32)18(2)26/h3-11,18,20,22H,12-16,26H2,1-2H3,(H,27,31)(H,28,30)/t18-,22+/m1/s1. The lowest BCUT2D eigenvalue weighted by Crippen LogP contribution is -2.51. The maximum Gasteiger partial charge on any atom is 0.247 e. The van der Waals surface area contributed by atoms with Gasteiger partial charge in [0.05, 0.1) is 6.04 Å². The molecule has 1 heterocycles. The minimum absolute atomic E-state index is 0.0942. The third-order valence-corrected chi connectivity index (χ3v) is 5.80. The molecule has 2 aromatic rings. The van der Waals surface area contributed by atoms with Crippen LogP contribution in [-0.4, -0.2) is 47.8 Å². The van der Waals surface area contributed by atoms with E-state index in [-0.39, 0.29) is 23.6 Å². The monoisotopic (exact) mass is 436 g/mol. The van der Waals surface area contributed by atoms with Crippen LogP contribution in [0.5, 0.6) is 0 Å². The van der Waals surface area contributed by atoms with Crippen molar-refractivity contribution in [3.8, 4) is 0 Å². The molecule has 4 N–H and O–H groups in total. The Balaban J connectivity index is 1.65. The maximum atomic E-state index is 13.0. The number of likely N-dealkylation sites (tertiary alicyclic amines) is 1. The van der Waals surface area contributed by atoms with Crippen molar-refractivity contribution in [2.45, 2.75) is 45.2 Å². The molecule has 0 spiro atoms. The van der Waals surface area contributed by atoms with Crippen LogP contribution in [0.4, 0.5) is 5.69 Å². The number of amides is 3. The zero-order valence-electron chi connectivity index (χ0n) is 18.7. The van der Waals surface area contributed by atoms with E-state index in [4.69, 9.17) is 5.73 Å². The van der Waals surface area contributed by atoms with Crippen LogP contribution < -0.4 is 16.4 Å². The molecule has 2 atom stereocenters. The SMILES string of the molecule is Cc1ccc(NC(=O)[C@H](Cc2ccccc2)NC(=O)C2CCN(C(=O)[C@@H](C)N)CC2)cc1. The average molecular weight is 437 g/mol. The second kappa shape index (κ2) is 10.9. The third kappa shape index (κ3) is 6.40. The van der Waals surface area contributed by atoms with Gasteiger partial charge in [-0.15, -0.1) is 0 Å². The normalized spacial score (nSPS) is 16.2. The lowest BCUT2D eigenvalue weighted by atomic mass is 9.94. The maximum absolute atomic E-state index is 13.0. The molecule has 3 rings (SSSR count). The number of benzene rings is 2. The van der Waals surface area contributed by atoms with Crippen molar-refractivity contribution in [1.82, 2.24) is 10.2 Å². The molecule has 1 fully saturated rings. The number of anilines is 1. The number of hydrogen-bond donors (Lipinski definition) is 3. The Morgan fingerprint density at radius 2 is 1.66 bits per heavy atom. The Morgan fingerprint density at radius 1 is 1.03 bits per heavy atom. The van der Waals surface area contributed by atoms with Gasteiger partial charge in [-0.05, 0) is 44.4 Å². The molecule has 3 amide bonds. The van der Waals surface area contributed by atoms with E-state index in [1.54, 1.807) is 11.8 Å². The summed E-state index contributed by atoms with van der Waals surface area (Å²) in [6.45, 7) is 4.65. The third-order valence-electron chi connectivity index (χ3n) is 5.80. The summed E-state index contributed by atoms with van der Waals surface area (Å²) in [5, 5.41) is 5.87. The average Bonchev–Trinajstić information content (AvgIpc) is 2.80. The van der Waals surface area contributed by atoms with E-state index in [1.807, 2.05) is 61.5 Å². The van der Waals surface area contributed by atoms with E-state index in [0.717, 1.165) is 11.1 Å². The molecule has 0 aliphatic carbocycles. The highest BCUT2D eigenvalue weighted by atomic mass is 16.2. The van der Waals surface area contributed by atoms with E-state index in [9.17, 15) is 14.4 Å². The largest absolute Gasteiger partial charge is 0.344 e. The number of hydrogen-bond acceptors (Lipinski definition) is 4. The van der Waals surface area contributed by atoms with Crippen molar-refractivity contribution in [2.75, 3.05) is 18.4 Å².